The summed E-state index contributed by atoms with van der Waals surface area (Å²) < 4.78 is 13.3. The quantitative estimate of drug-likeness (QED) is 0.201. The molecule has 7 nitrogen and oxygen atoms in total. The Kier molecular flexibility index (Phi) is 8.98. The van der Waals surface area contributed by atoms with E-state index in [0.717, 1.165) is 4.90 Å². The maximum atomic E-state index is 13.3. The lowest BCUT2D eigenvalue weighted by Crippen LogP contribution is -2.30. The minimum absolute atomic E-state index is 0.00306. The molecule has 0 bridgehead atoms. The second-order valence-electron chi connectivity index (χ2n) is 7.98. The van der Waals surface area contributed by atoms with E-state index < -0.39 is 17.6 Å². The second kappa shape index (κ2) is 13.0. The minimum Gasteiger partial charge on any atom is -0.325 e. The molecule has 0 aliphatic carbocycles. The van der Waals surface area contributed by atoms with Gasteiger partial charge in [0.15, 0.2) is 0 Å². The van der Waals surface area contributed by atoms with Gasteiger partial charge in [-0.15, -0.1) is 11.8 Å². The first-order chi connectivity index (χ1) is 18.5. The van der Waals surface area contributed by atoms with Gasteiger partial charge in [-0.3, -0.25) is 19.4 Å². The summed E-state index contributed by atoms with van der Waals surface area (Å²) in [6.07, 6.45) is 4.67. The number of hydrogen-bond acceptors (Lipinski definition) is 5. The summed E-state index contributed by atoms with van der Waals surface area (Å²) in [6, 6.07) is 24.5. The fourth-order valence-electron chi connectivity index (χ4n) is 3.28. The van der Waals surface area contributed by atoms with Crippen LogP contribution in [0.25, 0.3) is 6.08 Å². The molecule has 3 aromatic carbocycles. The SMILES string of the molecule is O=C(CSc1ccc(NC(=O)/C(=C/c2ccc(F)cc2)NC(=O)c2ccccc2)cc1)Nc1ccncc1. The lowest BCUT2D eigenvalue weighted by molar-refractivity contribution is -0.114. The Labute approximate surface area is 223 Å². The predicted molar refractivity (Wildman–Crippen MR) is 147 cm³/mol. The van der Waals surface area contributed by atoms with Crippen LogP contribution in [0.5, 0.6) is 0 Å². The number of halogens is 1. The average Bonchev–Trinajstić information content (AvgIpc) is 2.94. The number of benzene rings is 3. The van der Waals surface area contributed by atoms with Crippen molar-refractivity contribution in [1.82, 2.24) is 10.3 Å². The number of pyridine rings is 1. The van der Waals surface area contributed by atoms with E-state index in [1.807, 2.05) is 0 Å². The monoisotopic (exact) mass is 526 g/mol. The Hall–Kier alpha value is -4.76. The fourth-order valence-corrected chi connectivity index (χ4v) is 3.98. The number of amides is 3. The molecule has 1 aromatic heterocycles. The lowest BCUT2D eigenvalue weighted by Gasteiger charge is -2.12. The maximum absolute atomic E-state index is 13.3. The van der Waals surface area contributed by atoms with Crippen LogP contribution in [0.4, 0.5) is 15.8 Å². The van der Waals surface area contributed by atoms with Crippen molar-refractivity contribution in [3.8, 4) is 0 Å². The number of nitrogens with zero attached hydrogens (tertiary/aromatic N) is 1. The Morgan fingerprint density at radius 3 is 2.13 bits per heavy atom. The molecule has 0 aliphatic heterocycles. The topological polar surface area (TPSA) is 100 Å². The summed E-state index contributed by atoms with van der Waals surface area (Å²) in [5.41, 5.74) is 2.10. The first-order valence-electron chi connectivity index (χ1n) is 11.5. The molecule has 9 heteroatoms. The molecule has 0 fully saturated rings. The van der Waals surface area contributed by atoms with Crippen LogP contribution in [0.1, 0.15) is 15.9 Å². The highest BCUT2D eigenvalue weighted by atomic mass is 32.2. The van der Waals surface area contributed by atoms with Crippen LogP contribution in [0.15, 0.2) is 114 Å². The van der Waals surface area contributed by atoms with Gasteiger partial charge in [-0.2, -0.15) is 0 Å². The molecule has 0 saturated heterocycles. The summed E-state index contributed by atoms with van der Waals surface area (Å²) in [4.78, 5) is 42.7. The van der Waals surface area contributed by atoms with Crippen LogP contribution >= 0.6 is 11.8 Å². The molecule has 0 atom stereocenters. The smallest absolute Gasteiger partial charge is 0.272 e. The Bertz CT molecular complexity index is 1430. The molecular weight excluding hydrogens is 503 g/mol. The van der Waals surface area contributed by atoms with Crippen molar-refractivity contribution >= 4 is 46.9 Å². The van der Waals surface area contributed by atoms with Crippen LogP contribution in [0.2, 0.25) is 0 Å². The number of anilines is 2. The van der Waals surface area contributed by atoms with Crippen molar-refractivity contribution in [2.45, 2.75) is 4.90 Å². The molecule has 0 unspecified atom stereocenters. The van der Waals surface area contributed by atoms with Crippen molar-refractivity contribution in [3.05, 3.63) is 126 Å². The summed E-state index contributed by atoms with van der Waals surface area (Å²) in [7, 11) is 0. The summed E-state index contributed by atoms with van der Waals surface area (Å²) in [5.74, 6) is -1.34. The van der Waals surface area contributed by atoms with Crippen LogP contribution in [-0.2, 0) is 9.59 Å². The third-order valence-electron chi connectivity index (χ3n) is 5.16. The number of carbonyl (C=O) groups excluding carboxylic acids is 3. The standard InChI is InChI=1S/C29H23FN4O3S/c30-22-8-6-20(7-9-22)18-26(34-28(36)21-4-2-1-3-5-21)29(37)33-23-10-12-25(13-11-23)38-19-27(35)32-24-14-16-31-17-15-24/h1-18H,19H2,(H,33,37)(H,34,36)(H,31,32,35)/b26-18-. The zero-order chi connectivity index (χ0) is 26.7. The molecule has 38 heavy (non-hydrogen) atoms. The molecule has 3 N–H and O–H groups in total. The van der Waals surface area contributed by atoms with E-state index in [2.05, 4.69) is 20.9 Å². The molecular formula is C29H23FN4O3S. The highest BCUT2D eigenvalue weighted by molar-refractivity contribution is 8.00. The zero-order valence-corrected chi connectivity index (χ0v) is 20.9. The van der Waals surface area contributed by atoms with E-state index in [1.165, 1.54) is 42.1 Å². The number of carbonyl (C=O) groups is 3. The third-order valence-corrected chi connectivity index (χ3v) is 6.17. The van der Waals surface area contributed by atoms with E-state index >= 15 is 0 Å². The van der Waals surface area contributed by atoms with E-state index in [4.69, 9.17) is 0 Å². The number of aromatic nitrogens is 1. The normalized spacial score (nSPS) is 10.9. The lowest BCUT2D eigenvalue weighted by atomic mass is 10.1. The number of hydrogen-bond donors (Lipinski definition) is 3. The van der Waals surface area contributed by atoms with Gasteiger partial charge < -0.3 is 16.0 Å². The van der Waals surface area contributed by atoms with Gasteiger partial charge >= 0.3 is 0 Å². The number of thioether (sulfide) groups is 1. The Morgan fingerprint density at radius 1 is 0.789 bits per heavy atom. The summed E-state index contributed by atoms with van der Waals surface area (Å²) in [5, 5.41) is 8.20. The highest BCUT2D eigenvalue weighted by Gasteiger charge is 2.15. The zero-order valence-electron chi connectivity index (χ0n) is 20.1. The van der Waals surface area contributed by atoms with Gasteiger partial charge in [0.1, 0.15) is 11.5 Å². The largest absolute Gasteiger partial charge is 0.325 e. The summed E-state index contributed by atoms with van der Waals surface area (Å²) in [6.45, 7) is 0. The third kappa shape index (κ3) is 7.87. The maximum Gasteiger partial charge on any atom is 0.272 e. The number of rotatable bonds is 9. The van der Waals surface area contributed by atoms with Gasteiger partial charge in [0.25, 0.3) is 11.8 Å². The highest BCUT2D eigenvalue weighted by Crippen LogP contribution is 2.21. The molecule has 4 rings (SSSR count). The summed E-state index contributed by atoms with van der Waals surface area (Å²) >= 11 is 1.35. The number of nitrogens with one attached hydrogen (secondary N) is 3. The molecule has 0 radical (unpaired) electrons. The molecule has 190 valence electrons. The van der Waals surface area contributed by atoms with Crippen LogP contribution in [0.3, 0.4) is 0 Å². The molecule has 4 aromatic rings. The predicted octanol–water partition coefficient (Wildman–Crippen LogP) is 5.36. The van der Waals surface area contributed by atoms with E-state index in [1.54, 1.807) is 79.1 Å². The van der Waals surface area contributed by atoms with Gasteiger partial charge in [-0.05, 0) is 72.3 Å². The fraction of sp³-hybridized carbons (Fsp3) is 0.0345. The van der Waals surface area contributed by atoms with Crippen molar-refractivity contribution in [1.29, 1.82) is 0 Å². The van der Waals surface area contributed by atoms with Crippen LogP contribution in [-0.4, -0.2) is 28.5 Å². The minimum atomic E-state index is -0.546. The molecule has 3 amide bonds. The van der Waals surface area contributed by atoms with E-state index in [0.29, 0.717) is 22.5 Å². The van der Waals surface area contributed by atoms with Crippen LogP contribution in [0, 0.1) is 5.82 Å². The van der Waals surface area contributed by atoms with E-state index in [9.17, 15) is 18.8 Å². The van der Waals surface area contributed by atoms with Gasteiger partial charge in [0, 0.05) is 34.2 Å². The van der Waals surface area contributed by atoms with Crippen molar-refractivity contribution in [2.24, 2.45) is 0 Å². The van der Waals surface area contributed by atoms with Gasteiger partial charge in [-0.1, -0.05) is 30.3 Å². The van der Waals surface area contributed by atoms with Gasteiger partial charge in [0.2, 0.25) is 5.91 Å². The molecule has 0 aliphatic rings. The van der Waals surface area contributed by atoms with Crippen molar-refractivity contribution < 1.29 is 18.8 Å². The Morgan fingerprint density at radius 2 is 1.45 bits per heavy atom. The van der Waals surface area contributed by atoms with Crippen LogP contribution < -0.4 is 16.0 Å². The van der Waals surface area contributed by atoms with Crippen molar-refractivity contribution in [2.75, 3.05) is 16.4 Å². The molecule has 0 saturated carbocycles. The Balaban J connectivity index is 1.40. The van der Waals surface area contributed by atoms with E-state index in [-0.39, 0.29) is 17.4 Å². The van der Waals surface area contributed by atoms with Gasteiger partial charge in [-0.25, -0.2) is 4.39 Å². The first-order valence-corrected chi connectivity index (χ1v) is 12.5. The molecule has 0 spiro atoms. The van der Waals surface area contributed by atoms with Crippen molar-refractivity contribution in [3.63, 3.8) is 0 Å². The second-order valence-corrected chi connectivity index (χ2v) is 9.03. The molecule has 1 heterocycles. The van der Waals surface area contributed by atoms with Gasteiger partial charge in [0.05, 0.1) is 5.75 Å². The average molecular weight is 527 g/mol. The first kappa shape index (κ1) is 26.3.